The Morgan fingerprint density at radius 2 is 1.52 bits per heavy atom. The minimum absolute atomic E-state index is 0. The molecule has 0 radical (unpaired) electrons. The van der Waals surface area contributed by atoms with Crippen LogP contribution in [-0.2, 0) is 4.32 Å². The van der Waals surface area contributed by atoms with Crippen molar-refractivity contribution in [2.45, 2.75) is 51.3 Å². The maximum atomic E-state index is 12.8. The van der Waals surface area contributed by atoms with Crippen LogP contribution in [0.4, 0.5) is 26.3 Å². The normalized spacial score (nSPS) is 11.9. The molecule has 23 heavy (non-hydrogen) atoms. The van der Waals surface area contributed by atoms with Gasteiger partial charge in [-0.25, -0.2) is 4.98 Å². The van der Waals surface area contributed by atoms with Crippen LogP contribution in [0, 0.1) is 0 Å². The Morgan fingerprint density at radius 3 is 1.83 bits per heavy atom. The summed E-state index contributed by atoms with van der Waals surface area (Å²) < 4.78 is 77.4. The fourth-order valence-electron chi connectivity index (χ4n) is 1.36. The summed E-state index contributed by atoms with van der Waals surface area (Å²) in [5, 5.41) is 0. The fraction of sp³-hybridized carbons (Fsp3) is 0.643. The van der Waals surface area contributed by atoms with Crippen LogP contribution in [-0.4, -0.2) is 23.9 Å². The van der Waals surface area contributed by atoms with E-state index in [9.17, 15) is 26.3 Å². The molecule has 0 saturated carbocycles. The van der Waals surface area contributed by atoms with Gasteiger partial charge in [-0.1, -0.05) is 50.2 Å². The SMILES string of the molecule is C.CC.CCCOc1ccc(C(Br)(C(F)(F)F)C(F)(F)F)cn1. The number of hydrogen-bond donors (Lipinski definition) is 0. The average molecular weight is 412 g/mol. The first-order valence-corrected chi connectivity index (χ1v) is 7.25. The molecule has 0 aliphatic carbocycles. The van der Waals surface area contributed by atoms with Gasteiger partial charge >= 0.3 is 12.4 Å². The van der Waals surface area contributed by atoms with E-state index in [1.54, 1.807) is 22.9 Å². The van der Waals surface area contributed by atoms with Crippen molar-refractivity contribution in [1.29, 1.82) is 0 Å². The van der Waals surface area contributed by atoms with Crippen molar-refractivity contribution in [2.75, 3.05) is 6.61 Å². The predicted molar refractivity (Wildman–Crippen MR) is 80.8 cm³/mol. The van der Waals surface area contributed by atoms with Crippen LogP contribution in [0.25, 0.3) is 0 Å². The van der Waals surface area contributed by atoms with Crippen LogP contribution < -0.4 is 4.74 Å². The van der Waals surface area contributed by atoms with Crippen molar-refractivity contribution in [3.63, 3.8) is 0 Å². The Morgan fingerprint density at radius 1 is 1.04 bits per heavy atom. The van der Waals surface area contributed by atoms with Gasteiger partial charge in [0, 0.05) is 17.8 Å². The van der Waals surface area contributed by atoms with Gasteiger partial charge in [0.05, 0.1) is 6.61 Å². The Bertz CT molecular complexity index is 430. The molecule has 1 aromatic heterocycles. The van der Waals surface area contributed by atoms with Gasteiger partial charge < -0.3 is 4.74 Å². The molecule has 0 aliphatic heterocycles. The van der Waals surface area contributed by atoms with Crippen molar-refractivity contribution < 1.29 is 31.1 Å². The molecule has 136 valence electrons. The molecule has 9 heteroatoms. The van der Waals surface area contributed by atoms with Gasteiger partial charge in [-0.05, 0) is 6.42 Å². The van der Waals surface area contributed by atoms with Crippen molar-refractivity contribution in [1.82, 2.24) is 4.98 Å². The lowest BCUT2D eigenvalue weighted by Gasteiger charge is -2.32. The summed E-state index contributed by atoms with van der Waals surface area (Å²) in [4.78, 5) is 3.46. The van der Waals surface area contributed by atoms with E-state index in [4.69, 9.17) is 4.74 Å². The number of rotatable bonds is 4. The minimum Gasteiger partial charge on any atom is -0.478 e. The summed E-state index contributed by atoms with van der Waals surface area (Å²) in [6, 6.07) is 1.66. The summed E-state index contributed by atoms with van der Waals surface area (Å²) in [6.07, 6.45) is -9.98. The van der Waals surface area contributed by atoms with E-state index in [1.165, 1.54) is 0 Å². The van der Waals surface area contributed by atoms with Crippen LogP contribution >= 0.6 is 15.9 Å². The van der Waals surface area contributed by atoms with Gasteiger partial charge in [0.15, 0.2) is 0 Å². The highest BCUT2D eigenvalue weighted by atomic mass is 79.9. The zero-order valence-electron chi connectivity index (χ0n) is 12.1. The lowest BCUT2D eigenvalue weighted by Crippen LogP contribution is -2.49. The van der Waals surface area contributed by atoms with Crippen molar-refractivity contribution >= 4 is 15.9 Å². The van der Waals surface area contributed by atoms with Crippen LogP contribution in [0.1, 0.15) is 40.2 Å². The third-order valence-electron chi connectivity index (χ3n) is 2.37. The maximum absolute atomic E-state index is 12.8. The van der Waals surface area contributed by atoms with E-state index >= 15 is 0 Å². The number of pyridine rings is 1. The number of hydrogen-bond acceptors (Lipinski definition) is 2. The van der Waals surface area contributed by atoms with Gasteiger partial charge in [0.1, 0.15) is 0 Å². The Labute approximate surface area is 140 Å². The molecular weight excluding hydrogens is 392 g/mol. The highest BCUT2D eigenvalue weighted by Crippen LogP contribution is 2.56. The highest BCUT2D eigenvalue weighted by molar-refractivity contribution is 9.09. The third kappa shape index (κ3) is 5.54. The lowest BCUT2D eigenvalue weighted by molar-refractivity contribution is -0.266. The van der Waals surface area contributed by atoms with Gasteiger partial charge in [-0.15, -0.1) is 0 Å². The molecule has 0 spiro atoms. The molecule has 1 heterocycles. The Kier molecular flexibility index (Phi) is 9.85. The van der Waals surface area contributed by atoms with Crippen molar-refractivity contribution in [3.8, 4) is 5.88 Å². The summed E-state index contributed by atoms with van der Waals surface area (Å²) in [5.74, 6) is -0.0326. The monoisotopic (exact) mass is 411 g/mol. The topological polar surface area (TPSA) is 22.1 Å². The molecule has 1 rings (SSSR count). The molecule has 0 aliphatic rings. The standard InChI is InChI=1S/C11H10BrF6NO.C2H6.CH4/c1-2-5-20-8-4-3-7(6-19-8)9(12,10(13,14)15)11(16,17)18;1-2;/h3-4,6H,2,5H2,1H3;1-2H3;1H4. The van der Waals surface area contributed by atoms with Crippen LogP contribution in [0.3, 0.4) is 0 Å². The first-order chi connectivity index (χ1) is 10.0. The summed E-state index contributed by atoms with van der Waals surface area (Å²) in [6.45, 7) is 6.07. The number of halogens is 7. The second kappa shape index (κ2) is 9.34. The zero-order chi connectivity index (χ0) is 17.6. The molecule has 0 saturated heterocycles. The van der Waals surface area contributed by atoms with E-state index < -0.39 is 22.2 Å². The number of aromatic nitrogens is 1. The molecule has 0 fully saturated rings. The molecule has 0 amide bonds. The van der Waals surface area contributed by atoms with Crippen LogP contribution in [0.15, 0.2) is 18.3 Å². The number of nitrogens with zero attached hydrogens (tertiary/aromatic N) is 1. The molecule has 0 aromatic carbocycles. The molecular formula is C14H20BrF6NO. The average Bonchev–Trinajstić information content (AvgIpc) is 2.44. The van der Waals surface area contributed by atoms with Crippen molar-refractivity contribution in [3.05, 3.63) is 23.9 Å². The van der Waals surface area contributed by atoms with E-state index in [1.807, 2.05) is 13.8 Å². The molecule has 0 bridgehead atoms. The highest BCUT2D eigenvalue weighted by Gasteiger charge is 2.70. The van der Waals surface area contributed by atoms with Gasteiger partial charge in [-0.2, -0.15) is 26.3 Å². The van der Waals surface area contributed by atoms with Crippen molar-refractivity contribution in [2.24, 2.45) is 0 Å². The Balaban J connectivity index is 0. The zero-order valence-corrected chi connectivity index (χ0v) is 13.7. The molecule has 0 N–H and O–H groups in total. The van der Waals surface area contributed by atoms with Crippen LogP contribution in [0.2, 0.25) is 0 Å². The van der Waals surface area contributed by atoms with E-state index in [-0.39, 0.29) is 19.9 Å². The quantitative estimate of drug-likeness (QED) is 0.431. The first-order valence-electron chi connectivity index (χ1n) is 6.45. The largest absolute Gasteiger partial charge is 0.478 e. The minimum atomic E-state index is -5.56. The summed E-state index contributed by atoms with van der Waals surface area (Å²) in [7, 11) is 0. The maximum Gasteiger partial charge on any atom is 0.416 e. The van der Waals surface area contributed by atoms with E-state index in [0.29, 0.717) is 18.7 Å². The molecule has 0 atom stereocenters. The molecule has 1 aromatic rings. The van der Waals surface area contributed by atoms with Crippen LogP contribution in [0.5, 0.6) is 5.88 Å². The van der Waals surface area contributed by atoms with Gasteiger partial charge in [0.2, 0.25) is 10.2 Å². The van der Waals surface area contributed by atoms with E-state index in [0.717, 1.165) is 6.07 Å². The number of alkyl halides is 7. The summed E-state index contributed by atoms with van der Waals surface area (Å²) in [5.41, 5.74) is -1.05. The second-order valence-corrected chi connectivity index (χ2v) is 5.08. The first kappa shape index (κ1) is 24.3. The van der Waals surface area contributed by atoms with Gasteiger partial charge in [-0.3, -0.25) is 0 Å². The predicted octanol–water partition coefficient (Wildman–Crippen LogP) is 6.25. The van der Waals surface area contributed by atoms with E-state index in [2.05, 4.69) is 4.98 Å². The smallest absolute Gasteiger partial charge is 0.416 e. The van der Waals surface area contributed by atoms with Gasteiger partial charge in [0.25, 0.3) is 0 Å². The Hall–Kier alpha value is -0.990. The summed E-state index contributed by atoms with van der Waals surface area (Å²) >= 11 is 1.78. The fourth-order valence-corrected chi connectivity index (χ4v) is 1.60. The second-order valence-electron chi connectivity index (χ2n) is 3.89. The third-order valence-corrected chi connectivity index (χ3v) is 3.73. The molecule has 0 unspecified atom stereocenters. The molecule has 2 nitrogen and oxygen atoms in total. The number of ether oxygens (including phenoxy) is 1. The lowest BCUT2D eigenvalue weighted by atomic mass is 9.99.